The molecule has 0 unspecified atom stereocenters. The van der Waals surface area contributed by atoms with Crippen molar-refractivity contribution in [3.05, 3.63) is 70.5 Å². The number of rotatable bonds is 6. The summed E-state index contributed by atoms with van der Waals surface area (Å²) in [4.78, 5) is 2.32. The zero-order valence-electron chi connectivity index (χ0n) is 15.9. The third-order valence-electron chi connectivity index (χ3n) is 5.53. The van der Waals surface area contributed by atoms with Gasteiger partial charge in [0, 0.05) is 30.6 Å². The number of hydrogen-bond donors (Lipinski definition) is 1. The quantitative estimate of drug-likeness (QED) is 0.790. The Labute approximate surface area is 165 Å². The van der Waals surface area contributed by atoms with Gasteiger partial charge in [-0.25, -0.2) is 4.39 Å². The number of ether oxygens (including phenoxy) is 1. The van der Waals surface area contributed by atoms with E-state index in [2.05, 4.69) is 4.90 Å². The number of nitrogens with zero attached hydrogens (tertiary/aromatic N) is 1. The maximum atomic E-state index is 13.5. The summed E-state index contributed by atoms with van der Waals surface area (Å²) < 4.78 is 19.0. The molecular formula is C22H27ClFNO2. The van der Waals surface area contributed by atoms with Gasteiger partial charge in [0.25, 0.3) is 0 Å². The fourth-order valence-corrected chi connectivity index (χ4v) is 4.02. The first-order valence-corrected chi connectivity index (χ1v) is 9.83. The molecule has 3 nitrogen and oxygen atoms in total. The van der Waals surface area contributed by atoms with Crippen LogP contribution in [-0.2, 0) is 10.3 Å². The van der Waals surface area contributed by atoms with Crippen LogP contribution in [0.5, 0.6) is 0 Å². The third-order valence-corrected chi connectivity index (χ3v) is 5.79. The van der Waals surface area contributed by atoms with Crippen molar-refractivity contribution in [1.29, 1.82) is 0 Å². The molecule has 2 aromatic rings. The molecule has 1 aliphatic heterocycles. The Hall–Kier alpha value is -1.46. The average Bonchev–Trinajstić information content (AvgIpc) is 2.67. The Kier molecular flexibility index (Phi) is 6.53. The molecule has 0 spiro atoms. The second-order valence-electron chi connectivity index (χ2n) is 7.50. The molecule has 146 valence electrons. The first-order chi connectivity index (χ1) is 12.9. The van der Waals surface area contributed by atoms with Crippen LogP contribution in [0.3, 0.4) is 0 Å². The molecule has 3 rings (SSSR count). The van der Waals surface area contributed by atoms with Crippen LogP contribution in [0.25, 0.3) is 0 Å². The molecule has 27 heavy (non-hydrogen) atoms. The summed E-state index contributed by atoms with van der Waals surface area (Å²) in [6.45, 7) is 7.77. The van der Waals surface area contributed by atoms with Gasteiger partial charge >= 0.3 is 0 Å². The van der Waals surface area contributed by atoms with E-state index in [4.69, 9.17) is 16.3 Å². The van der Waals surface area contributed by atoms with Crippen molar-refractivity contribution in [2.24, 2.45) is 5.92 Å². The van der Waals surface area contributed by atoms with Gasteiger partial charge in [-0.3, -0.25) is 4.90 Å². The van der Waals surface area contributed by atoms with Crippen LogP contribution in [0, 0.1) is 11.7 Å². The highest BCUT2D eigenvalue weighted by Gasteiger charge is 2.43. The first kappa shape index (κ1) is 20.3. The number of halogens is 2. The van der Waals surface area contributed by atoms with Crippen molar-refractivity contribution in [2.45, 2.75) is 25.4 Å². The van der Waals surface area contributed by atoms with Crippen molar-refractivity contribution in [3.63, 3.8) is 0 Å². The smallest absolute Gasteiger partial charge is 0.123 e. The number of benzene rings is 2. The lowest BCUT2D eigenvalue weighted by atomic mass is 9.70. The standard InChI is InChI=1S/C22H27ClFNO2/c1-16(2)22(26,18-5-9-20(24)10-6-18)21(15-25-11-13-27-14-12-25)17-3-7-19(23)8-4-17/h3-10,16,21,26H,11-15H2,1-2H3/t21-,22+/m1/s1. The number of morpholine rings is 1. The minimum atomic E-state index is -1.14. The van der Waals surface area contributed by atoms with Crippen LogP contribution < -0.4 is 0 Å². The molecule has 2 aromatic carbocycles. The summed E-state index contributed by atoms with van der Waals surface area (Å²) in [5.41, 5.74) is 0.610. The zero-order valence-corrected chi connectivity index (χ0v) is 16.6. The third kappa shape index (κ3) is 4.52. The van der Waals surface area contributed by atoms with Gasteiger partial charge in [0.15, 0.2) is 0 Å². The number of hydrogen-bond acceptors (Lipinski definition) is 3. The second-order valence-corrected chi connectivity index (χ2v) is 7.94. The highest BCUT2D eigenvalue weighted by Crippen LogP contribution is 2.43. The monoisotopic (exact) mass is 391 g/mol. The Bertz CT molecular complexity index is 729. The summed E-state index contributed by atoms with van der Waals surface area (Å²) in [7, 11) is 0. The Morgan fingerprint density at radius 2 is 1.67 bits per heavy atom. The molecule has 5 heteroatoms. The SMILES string of the molecule is CC(C)[C@](O)(c1ccc(F)cc1)[C@H](CN1CCOCC1)c1ccc(Cl)cc1. The summed E-state index contributed by atoms with van der Waals surface area (Å²) >= 11 is 6.09. The minimum Gasteiger partial charge on any atom is -0.384 e. The normalized spacial score (nSPS) is 19.0. The molecule has 1 heterocycles. The van der Waals surface area contributed by atoms with Gasteiger partial charge in [-0.15, -0.1) is 0 Å². The molecule has 2 atom stereocenters. The van der Waals surface area contributed by atoms with Crippen molar-refractivity contribution in [2.75, 3.05) is 32.8 Å². The van der Waals surface area contributed by atoms with E-state index in [1.807, 2.05) is 38.1 Å². The van der Waals surface area contributed by atoms with Gasteiger partial charge in [0.1, 0.15) is 5.82 Å². The van der Waals surface area contributed by atoms with Crippen molar-refractivity contribution in [1.82, 2.24) is 4.90 Å². The van der Waals surface area contributed by atoms with Gasteiger partial charge in [0.2, 0.25) is 0 Å². The van der Waals surface area contributed by atoms with E-state index in [1.165, 1.54) is 12.1 Å². The predicted octanol–water partition coefficient (Wildman–Crippen LogP) is 4.44. The van der Waals surface area contributed by atoms with Crippen molar-refractivity contribution >= 4 is 11.6 Å². The average molecular weight is 392 g/mol. The van der Waals surface area contributed by atoms with Crippen molar-refractivity contribution in [3.8, 4) is 0 Å². The van der Waals surface area contributed by atoms with E-state index in [9.17, 15) is 9.50 Å². The van der Waals surface area contributed by atoms with E-state index in [0.29, 0.717) is 24.8 Å². The molecule has 0 bridgehead atoms. The maximum Gasteiger partial charge on any atom is 0.123 e. The molecule has 0 amide bonds. The molecule has 0 saturated carbocycles. The maximum absolute atomic E-state index is 13.5. The van der Waals surface area contributed by atoms with Gasteiger partial charge in [-0.1, -0.05) is 49.7 Å². The van der Waals surface area contributed by atoms with E-state index in [-0.39, 0.29) is 17.7 Å². The molecule has 0 aromatic heterocycles. The largest absolute Gasteiger partial charge is 0.384 e. The summed E-state index contributed by atoms with van der Waals surface area (Å²) in [5, 5.41) is 12.6. The molecule has 1 aliphatic rings. The lowest BCUT2D eigenvalue weighted by Gasteiger charge is -2.43. The van der Waals surface area contributed by atoms with Crippen LogP contribution in [0.1, 0.15) is 30.9 Å². The second kappa shape index (κ2) is 8.70. The highest BCUT2D eigenvalue weighted by atomic mass is 35.5. The predicted molar refractivity (Wildman–Crippen MR) is 107 cm³/mol. The molecular weight excluding hydrogens is 365 g/mol. The molecule has 1 N–H and O–H groups in total. The van der Waals surface area contributed by atoms with Crippen LogP contribution in [0.15, 0.2) is 48.5 Å². The van der Waals surface area contributed by atoms with E-state index in [0.717, 1.165) is 24.2 Å². The van der Waals surface area contributed by atoms with Crippen LogP contribution in [-0.4, -0.2) is 42.9 Å². The minimum absolute atomic E-state index is 0.0651. The van der Waals surface area contributed by atoms with E-state index >= 15 is 0 Å². The van der Waals surface area contributed by atoms with Gasteiger partial charge in [-0.2, -0.15) is 0 Å². The number of aliphatic hydroxyl groups is 1. The molecule has 0 aliphatic carbocycles. The molecule has 0 radical (unpaired) electrons. The highest BCUT2D eigenvalue weighted by molar-refractivity contribution is 6.30. The first-order valence-electron chi connectivity index (χ1n) is 9.45. The summed E-state index contributed by atoms with van der Waals surface area (Å²) in [6, 6.07) is 13.9. The molecule has 1 saturated heterocycles. The lowest BCUT2D eigenvalue weighted by molar-refractivity contribution is -0.0548. The topological polar surface area (TPSA) is 32.7 Å². The van der Waals surface area contributed by atoms with Crippen LogP contribution in [0.2, 0.25) is 5.02 Å². The van der Waals surface area contributed by atoms with Gasteiger partial charge < -0.3 is 9.84 Å². The van der Waals surface area contributed by atoms with E-state index in [1.54, 1.807) is 12.1 Å². The Morgan fingerprint density at radius 3 is 2.22 bits per heavy atom. The summed E-state index contributed by atoms with van der Waals surface area (Å²) in [6.07, 6.45) is 0. The molecule has 1 fully saturated rings. The summed E-state index contributed by atoms with van der Waals surface area (Å²) in [5.74, 6) is -0.552. The van der Waals surface area contributed by atoms with Gasteiger partial charge in [0.05, 0.1) is 18.8 Å². The van der Waals surface area contributed by atoms with Crippen LogP contribution >= 0.6 is 11.6 Å². The zero-order chi connectivity index (χ0) is 19.4. The van der Waals surface area contributed by atoms with Crippen LogP contribution in [0.4, 0.5) is 4.39 Å². The Balaban J connectivity index is 2.03. The van der Waals surface area contributed by atoms with Gasteiger partial charge in [-0.05, 0) is 41.3 Å². The fraction of sp³-hybridized carbons (Fsp3) is 0.455. The lowest BCUT2D eigenvalue weighted by Crippen LogP contribution is -2.47. The Morgan fingerprint density at radius 1 is 1.07 bits per heavy atom. The van der Waals surface area contributed by atoms with Crippen molar-refractivity contribution < 1.29 is 14.2 Å². The fourth-order valence-electron chi connectivity index (χ4n) is 3.89. The van der Waals surface area contributed by atoms with E-state index < -0.39 is 5.60 Å².